The molecule has 3 amide bonds. The Bertz CT molecular complexity index is 987. The molecule has 0 spiro atoms. The van der Waals surface area contributed by atoms with Crippen LogP contribution in [0.15, 0.2) is 48.5 Å². The summed E-state index contributed by atoms with van der Waals surface area (Å²) in [6, 6.07) is 14.0. The van der Waals surface area contributed by atoms with E-state index < -0.39 is 36.8 Å². The van der Waals surface area contributed by atoms with E-state index in [-0.39, 0.29) is 13.0 Å². The Morgan fingerprint density at radius 3 is 2.53 bits per heavy atom. The van der Waals surface area contributed by atoms with Gasteiger partial charge in [-0.05, 0) is 17.7 Å². The molecule has 0 N–H and O–H groups in total. The first-order chi connectivity index (χ1) is 14.4. The van der Waals surface area contributed by atoms with Gasteiger partial charge in [0.2, 0.25) is 5.91 Å². The molecule has 0 radical (unpaired) electrons. The minimum atomic E-state index is -0.824. The van der Waals surface area contributed by atoms with E-state index in [0.717, 1.165) is 10.5 Å². The lowest BCUT2D eigenvalue weighted by Crippen LogP contribution is -2.45. The van der Waals surface area contributed by atoms with Crippen molar-refractivity contribution in [1.82, 2.24) is 9.80 Å². The van der Waals surface area contributed by atoms with Gasteiger partial charge in [0.25, 0.3) is 11.8 Å². The molecule has 2 aromatic rings. The highest BCUT2D eigenvalue weighted by atomic mass is 16.5. The molecule has 1 heterocycles. The highest BCUT2D eigenvalue weighted by Crippen LogP contribution is 2.20. The second-order valence-corrected chi connectivity index (χ2v) is 6.84. The minimum Gasteiger partial charge on any atom is -0.496 e. The van der Waals surface area contributed by atoms with Gasteiger partial charge in [0.1, 0.15) is 12.3 Å². The number of hydrogen-bond donors (Lipinski definition) is 0. The number of para-hydroxylation sites is 1. The number of hydrogen-bond acceptors (Lipinski definition) is 6. The van der Waals surface area contributed by atoms with Crippen LogP contribution in [0.4, 0.5) is 0 Å². The first kappa shape index (κ1) is 21.0. The normalized spacial score (nSPS) is 12.9. The van der Waals surface area contributed by atoms with Gasteiger partial charge in [-0.1, -0.05) is 36.4 Å². The molecule has 1 aliphatic rings. The summed E-state index contributed by atoms with van der Waals surface area (Å²) in [5.74, 6) is -1.61. The van der Waals surface area contributed by atoms with Crippen LogP contribution in [0.3, 0.4) is 0 Å². The van der Waals surface area contributed by atoms with Crippen molar-refractivity contribution in [3.8, 4) is 5.75 Å². The summed E-state index contributed by atoms with van der Waals surface area (Å²) in [6.07, 6.45) is 0.0375. The predicted octanol–water partition coefficient (Wildman–Crippen LogP) is 1.42. The van der Waals surface area contributed by atoms with Gasteiger partial charge in [0, 0.05) is 24.7 Å². The third-order valence-electron chi connectivity index (χ3n) is 4.81. The van der Waals surface area contributed by atoms with Crippen molar-refractivity contribution in [3.05, 3.63) is 65.2 Å². The molecule has 0 aromatic heterocycles. The van der Waals surface area contributed by atoms with Crippen LogP contribution in [-0.2, 0) is 32.1 Å². The number of carbonyl (C=O) groups excluding carboxylic acids is 4. The van der Waals surface area contributed by atoms with Gasteiger partial charge in [-0.15, -0.1) is 0 Å². The summed E-state index contributed by atoms with van der Waals surface area (Å²) < 4.78 is 10.3. The van der Waals surface area contributed by atoms with E-state index in [2.05, 4.69) is 0 Å². The Labute approximate surface area is 174 Å². The summed E-state index contributed by atoms with van der Waals surface area (Å²) >= 11 is 0. The van der Waals surface area contributed by atoms with Crippen LogP contribution in [0.5, 0.6) is 5.75 Å². The number of rotatable bonds is 7. The topological polar surface area (TPSA) is 93.2 Å². The fourth-order valence-electron chi connectivity index (χ4n) is 3.16. The van der Waals surface area contributed by atoms with Gasteiger partial charge in [-0.25, -0.2) is 0 Å². The SMILES string of the molecule is COc1ccccc1CN(C)C(=O)COC(=O)CN1C(=O)Cc2ccccc2C1=O. The Kier molecular flexibility index (Phi) is 6.46. The first-order valence-corrected chi connectivity index (χ1v) is 9.34. The highest BCUT2D eigenvalue weighted by molar-refractivity contribution is 6.11. The molecule has 3 rings (SSSR count). The van der Waals surface area contributed by atoms with E-state index in [1.165, 1.54) is 4.90 Å². The van der Waals surface area contributed by atoms with Crippen molar-refractivity contribution in [2.24, 2.45) is 0 Å². The molecule has 30 heavy (non-hydrogen) atoms. The average Bonchev–Trinajstić information content (AvgIpc) is 2.75. The van der Waals surface area contributed by atoms with Crippen LogP contribution < -0.4 is 4.74 Å². The first-order valence-electron chi connectivity index (χ1n) is 9.34. The van der Waals surface area contributed by atoms with E-state index >= 15 is 0 Å². The number of fused-ring (bicyclic) bond motifs is 1. The fraction of sp³-hybridized carbons (Fsp3) is 0.273. The molecule has 1 aliphatic heterocycles. The number of ether oxygens (including phenoxy) is 2. The van der Waals surface area contributed by atoms with Crippen molar-refractivity contribution in [2.45, 2.75) is 13.0 Å². The van der Waals surface area contributed by atoms with E-state index in [1.807, 2.05) is 18.2 Å². The number of imide groups is 1. The van der Waals surface area contributed by atoms with Crippen molar-refractivity contribution in [3.63, 3.8) is 0 Å². The van der Waals surface area contributed by atoms with Crippen LogP contribution in [0.2, 0.25) is 0 Å². The fourth-order valence-corrected chi connectivity index (χ4v) is 3.16. The Balaban J connectivity index is 1.53. The van der Waals surface area contributed by atoms with Gasteiger partial charge in [-0.3, -0.25) is 24.1 Å². The van der Waals surface area contributed by atoms with Gasteiger partial charge >= 0.3 is 5.97 Å². The molecular weight excluding hydrogens is 388 g/mol. The monoisotopic (exact) mass is 410 g/mol. The summed E-state index contributed by atoms with van der Waals surface area (Å²) in [4.78, 5) is 51.4. The lowest BCUT2D eigenvalue weighted by atomic mass is 9.98. The molecule has 0 aliphatic carbocycles. The molecule has 0 atom stereocenters. The van der Waals surface area contributed by atoms with E-state index in [1.54, 1.807) is 44.5 Å². The zero-order valence-corrected chi connectivity index (χ0v) is 16.8. The van der Waals surface area contributed by atoms with Crippen molar-refractivity contribution < 1.29 is 28.7 Å². The van der Waals surface area contributed by atoms with Crippen molar-refractivity contribution in [2.75, 3.05) is 27.3 Å². The average molecular weight is 410 g/mol. The predicted molar refractivity (Wildman–Crippen MR) is 107 cm³/mol. The molecule has 8 heteroatoms. The maximum Gasteiger partial charge on any atom is 0.326 e. The molecule has 156 valence electrons. The Morgan fingerprint density at radius 1 is 1.07 bits per heavy atom. The van der Waals surface area contributed by atoms with Gasteiger partial charge < -0.3 is 14.4 Å². The number of benzene rings is 2. The molecule has 0 bridgehead atoms. The summed E-state index contributed by atoms with van der Waals surface area (Å²) in [6.45, 7) is -0.743. The lowest BCUT2D eigenvalue weighted by molar-refractivity contribution is -0.153. The van der Waals surface area contributed by atoms with Crippen LogP contribution in [0, 0.1) is 0 Å². The van der Waals surface area contributed by atoms with E-state index in [4.69, 9.17) is 9.47 Å². The second-order valence-electron chi connectivity index (χ2n) is 6.84. The zero-order valence-electron chi connectivity index (χ0n) is 16.8. The number of methoxy groups -OCH3 is 1. The van der Waals surface area contributed by atoms with Crippen molar-refractivity contribution >= 4 is 23.7 Å². The second kappa shape index (κ2) is 9.21. The lowest BCUT2D eigenvalue weighted by Gasteiger charge is -2.26. The third kappa shape index (κ3) is 4.65. The number of esters is 1. The van der Waals surface area contributed by atoms with Crippen LogP contribution in [0.25, 0.3) is 0 Å². The molecule has 2 aromatic carbocycles. The highest BCUT2D eigenvalue weighted by Gasteiger charge is 2.32. The largest absolute Gasteiger partial charge is 0.496 e. The number of amides is 3. The number of carbonyl (C=O) groups is 4. The molecule has 0 fully saturated rings. The smallest absolute Gasteiger partial charge is 0.326 e. The summed E-state index contributed by atoms with van der Waals surface area (Å²) in [5, 5.41) is 0. The third-order valence-corrected chi connectivity index (χ3v) is 4.81. The van der Waals surface area contributed by atoms with Gasteiger partial charge in [-0.2, -0.15) is 0 Å². The van der Waals surface area contributed by atoms with Gasteiger partial charge in [0.05, 0.1) is 13.5 Å². The standard InChI is InChI=1S/C22H22N2O6/c1-23(12-16-8-4-6-10-18(16)29-2)20(26)14-30-21(27)13-24-19(25)11-15-7-3-5-9-17(15)22(24)28/h3-10H,11-14H2,1-2H3. The quantitative estimate of drug-likeness (QED) is 0.506. The molecule has 0 saturated carbocycles. The maximum atomic E-state index is 12.5. The summed E-state index contributed by atoms with van der Waals surface area (Å²) in [5.41, 5.74) is 1.83. The molecule has 0 unspecified atom stereocenters. The van der Waals surface area contributed by atoms with Crippen LogP contribution >= 0.6 is 0 Å². The molecular formula is C22H22N2O6. The number of likely N-dealkylation sites (N-methyl/N-ethyl adjacent to an activating group) is 1. The zero-order chi connectivity index (χ0) is 21.7. The Hall–Kier alpha value is -3.68. The van der Waals surface area contributed by atoms with E-state index in [0.29, 0.717) is 16.9 Å². The minimum absolute atomic E-state index is 0.0375. The molecule has 8 nitrogen and oxygen atoms in total. The van der Waals surface area contributed by atoms with Crippen molar-refractivity contribution in [1.29, 1.82) is 0 Å². The number of nitrogens with zero attached hydrogens (tertiary/aromatic N) is 2. The molecule has 0 saturated heterocycles. The Morgan fingerprint density at radius 2 is 1.77 bits per heavy atom. The summed E-state index contributed by atoms with van der Waals surface area (Å²) in [7, 11) is 3.13. The maximum absolute atomic E-state index is 12.5. The van der Waals surface area contributed by atoms with Crippen LogP contribution in [-0.4, -0.2) is 60.8 Å². The van der Waals surface area contributed by atoms with Gasteiger partial charge in [0.15, 0.2) is 6.61 Å². The van der Waals surface area contributed by atoms with Crippen LogP contribution in [0.1, 0.15) is 21.5 Å². The van der Waals surface area contributed by atoms with E-state index in [9.17, 15) is 19.2 Å².